The minimum atomic E-state index is 0.264. The summed E-state index contributed by atoms with van der Waals surface area (Å²) >= 11 is 0. The summed E-state index contributed by atoms with van der Waals surface area (Å²) in [6, 6.07) is 1.97. The predicted octanol–water partition coefficient (Wildman–Crippen LogP) is 0.253. The maximum atomic E-state index is 8.93. The Bertz CT molecular complexity index is 609. The average molecular weight is 230 g/mol. The van der Waals surface area contributed by atoms with Crippen LogP contribution in [0.3, 0.4) is 0 Å². The molecule has 0 amide bonds. The molecule has 0 radical (unpaired) electrons. The van der Waals surface area contributed by atoms with Crippen molar-refractivity contribution in [3.8, 4) is 6.07 Å². The van der Waals surface area contributed by atoms with Crippen molar-refractivity contribution in [3.05, 3.63) is 24.5 Å². The first-order chi connectivity index (χ1) is 8.31. The van der Waals surface area contributed by atoms with Crippen molar-refractivity contribution in [2.24, 2.45) is 5.73 Å². The van der Waals surface area contributed by atoms with Gasteiger partial charge in [-0.05, 0) is 0 Å². The zero-order chi connectivity index (χ0) is 12.3. The summed E-state index contributed by atoms with van der Waals surface area (Å²) in [5, 5.41) is 8.93. The van der Waals surface area contributed by atoms with E-state index >= 15 is 0 Å². The number of nitrogens with zero attached hydrogens (tertiary/aromatic N) is 5. The lowest BCUT2D eigenvalue weighted by atomic mass is 10.2. The Morgan fingerprint density at radius 2 is 2.41 bits per heavy atom. The van der Waals surface area contributed by atoms with Gasteiger partial charge in [0.2, 0.25) is 0 Å². The summed E-state index contributed by atoms with van der Waals surface area (Å²) in [5.41, 5.74) is 7.19. The number of rotatable bonds is 3. The van der Waals surface area contributed by atoms with E-state index in [1.54, 1.807) is 18.0 Å². The van der Waals surface area contributed by atoms with Crippen molar-refractivity contribution in [1.82, 2.24) is 19.5 Å². The van der Waals surface area contributed by atoms with E-state index in [0.29, 0.717) is 23.6 Å². The van der Waals surface area contributed by atoms with Gasteiger partial charge in [-0.25, -0.2) is 15.0 Å². The molecule has 0 saturated heterocycles. The Labute approximate surface area is 97.2 Å². The summed E-state index contributed by atoms with van der Waals surface area (Å²) in [4.78, 5) is 12.3. The molecule has 7 heteroatoms. The molecular formula is C10H10N6O. The van der Waals surface area contributed by atoms with Crippen LogP contribution >= 0.6 is 0 Å². The number of imidazole rings is 1. The number of allylic oxidation sites excluding steroid dienone is 1. The van der Waals surface area contributed by atoms with Crippen LogP contribution in [0.25, 0.3) is 16.7 Å². The summed E-state index contributed by atoms with van der Waals surface area (Å²) in [6.45, 7) is 0.335. The van der Waals surface area contributed by atoms with Gasteiger partial charge in [0.15, 0.2) is 5.65 Å². The number of hydrogen-bond acceptors (Lipinski definition) is 6. The third-order valence-electron chi connectivity index (χ3n) is 2.21. The Morgan fingerprint density at radius 1 is 1.59 bits per heavy atom. The highest BCUT2D eigenvalue weighted by Gasteiger charge is 2.12. The second-order valence-corrected chi connectivity index (χ2v) is 3.22. The number of nitrogens with two attached hydrogens (primary N) is 1. The van der Waals surface area contributed by atoms with Gasteiger partial charge in [-0.1, -0.05) is 0 Å². The van der Waals surface area contributed by atoms with Crippen molar-refractivity contribution in [2.45, 2.75) is 6.73 Å². The van der Waals surface area contributed by atoms with Gasteiger partial charge >= 0.3 is 0 Å². The van der Waals surface area contributed by atoms with Gasteiger partial charge in [0, 0.05) is 13.3 Å². The van der Waals surface area contributed by atoms with Crippen molar-refractivity contribution in [1.29, 1.82) is 5.26 Å². The van der Waals surface area contributed by atoms with E-state index in [1.807, 2.05) is 6.07 Å². The van der Waals surface area contributed by atoms with Crippen molar-refractivity contribution < 1.29 is 4.74 Å². The molecule has 0 aliphatic heterocycles. The fourth-order valence-electron chi connectivity index (χ4n) is 1.48. The number of hydrogen-bond donors (Lipinski definition) is 1. The normalized spacial score (nSPS) is 11.6. The maximum absolute atomic E-state index is 8.93. The van der Waals surface area contributed by atoms with E-state index in [1.165, 1.54) is 12.5 Å². The highest BCUT2D eigenvalue weighted by Crippen LogP contribution is 2.19. The van der Waals surface area contributed by atoms with Crippen LogP contribution in [0.1, 0.15) is 5.69 Å². The first kappa shape index (κ1) is 11.0. The minimum absolute atomic E-state index is 0.264. The monoisotopic (exact) mass is 230 g/mol. The Balaban J connectivity index is 2.64. The molecule has 2 rings (SSSR count). The van der Waals surface area contributed by atoms with E-state index in [2.05, 4.69) is 15.0 Å². The van der Waals surface area contributed by atoms with Gasteiger partial charge in [0.25, 0.3) is 0 Å². The molecule has 0 spiro atoms. The molecular weight excluding hydrogens is 220 g/mol. The van der Waals surface area contributed by atoms with Gasteiger partial charge in [-0.2, -0.15) is 5.26 Å². The van der Waals surface area contributed by atoms with E-state index in [-0.39, 0.29) is 5.57 Å². The highest BCUT2D eigenvalue weighted by atomic mass is 16.5. The molecule has 86 valence electrons. The topological polar surface area (TPSA) is 103 Å². The lowest BCUT2D eigenvalue weighted by Crippen LogP contribution is -2.00. The van der Waals surface area contributed by atoms with Gasteiger partial charge in [-0.15, -0.1) is 0 Å². The molecule has 2 aromatic rings. The van der Waals surface area contributed by atoms with Crippen LogP contribution in [0.4, 0.5) is 0 Å². The lowest BCUT2D eigenvalue weighted by molar-refractivity contribution is 0.134. The Kier molecular flexibility index (Phi) is 2.98. The van der Waals surface area contributed by atoms with Crippen LogP contribution in [0, 0.1) is 11.3 Å². The molecule has 0 atom stereocenters. The van der Waals surface area contributed by atoms with Crippen LogP contribution in [-0.4, -0.2) is 26.6 Å². The molecule has 2 aromatic heterocycles. The van der Waals surface area contributed by atoms with Crippen LogP contribution in [0.15, 0.2) is 18.9 Å². The first-order valence-electron chi connectivity index (χ1n) is 4.79. The first-order valence-corrected chi connectivity index (χ1v) is 4.79. The molecule has 0 aromatic carbocycles. The van der Waals surface area contributed by atoms with E-state index < -0.39 is 0 Å². The average Bonchev–Trinajstić information content (AvgIpc) is 2.76. The number of methoxy groups -OCH3 is 1. The highest BCUT2D eigenvalue weighted by molar-refractivity contribution is 5.89. The number of ether oxygens (including phenoxy) is 1. The van der Waals surface area contributed by atoms with Crippen LogP contribution < -0.4 is 5.73 Å². The van der Waals surface area contributed by atoms with Gasteiger partial charge in [0.05, 0.1) is 11.9 Å². The molecule has 0 saturated carbocycles. The summed E-state index contributed by atoms with van der Waals surface area (Å²) in [7, 11) is 1.58. The summed E-state index contributed by atoms with van der Waals surface area (Å²) in [5.74, 6) is 0. The standard InChI is InChI=1S/C10H10N6O/c1-17-6-16-5-15-9-8(7(2-11)3-12)13-4-14-10(9)16/h2,4-5H,6,11H2,1H3/b7-2-. The Morgan fingerprint density at radius 3 is 3.06 bits per heavy atom. The van der Waals surface area contributed by atoms with Gasteiger partial charge < -0.3 is 10.5 Å². The zero-order valence-electron chi connectivity index (χ0n) is 9.16. The molecule has 0 bridgehead atoms. The number of nitriles is 1. The van der Waals surface area contributed by atoms with Gasteiger partial charge in [-0.3, -0.25) is 4.57 Å². The molecule has 0 aliphatic carbocycles. The zero-order valence-corrected chi connectivity index (χ0v) is 9.16. The van der Waals surface area contributed by atoms with Crippen molar-refractivity contribution in [2.75, 3.05) is 7.11 Å². The van der Waals surface area contributed by atoms with Crippen LogP contribution in [0.2, 0.25) is 0 Å². The maximum Gasteiger partial charge on any atom is 0.165 e. The molecule has 0 aliphatic rings. The summed E-state index contributed by atoms with van der Waals surface area (Å²) < 4.78 is 6.72. The van der Waals surface area contributed by atoms with E-state index in [4.69, 9.17) is 15.7 Å². The third-order valence-corrected chi connectivity index (χ3v) is 2.21. The smallest absolute Gasteiger partial charge is 0.165 e. The largest absolute Gasteiger partial charge is 0.403 e. The quantitative estimate of drug-likeness (QED) is 0.758. The van der Waals surface area contributed by atoms with Crippen LogP contribution in [0.5, 0.6) is 0 Å². The second-order valence-electron chi connectivity index (χ2n) is 3.22. The fraction of sp³-hybridized carbons (Fsp3) is 0.200. The SMILES string of the molecule is COCn1cnc2c(/C(C#N)=C\N)ncnc21. The number of aromatic nitrogens is 4. The predicted molar refractivity (Wildman–Crippen MR) is 60.1 cm³/mol. The molecule has 17 heavy (non-hydrogen) atoms. The van der Waals surface area contributed by atoms with Crippen molar-refractivity contribution >= 4 is 16.7 Å². The molecule has 2 N–H and O–H groups in total. The third kappa shape index (κ3) is 1.81. The molecule has 0 unspecified atom stereocenters. The fourth-order valence-corrected chi connectivity index (χ4v) is 1.48. The minimum Gasteiger partial charge on any atom is -0.403 e. The lowest BCUT2D eigenvalue weighted by Gasteiger charge is -2.01. The van der Waals surface area contributed by atoms with Crippen molar-refractivity contribution in [3.63, 3.8) is 0 Å². The van der Waals surface area contributed by atoms with E-state index in [0.717, 1.165) is 0 Å². The second kappa shape index (κ2) is 4.59. The molecule has 0 fully saturated rings. The van der Waals surface area contributed by atoms with Gasteiger partial charge in [0.1, 0.15) is 30.3 Å². The molecule has 7 nitrogen and oxygen atoms in total. The Hall–Kier alpha value is -2.46. The number of fused-ring (bicyclic) bond motifs is 1. The molecule has 2 heterocycles. The van der Waals surface area contributed by atoms with E-state index in [9.17, 15) is 0 Å². The summed E-state index contributed by atoms with van der Waals surface area (Å²) in [6.07, 6.45) is 4.15. The van der Waals surface area contributed by atoms with Crippen LogP contribution in [-0.2, 0) is 11.5 Å².